The Hall–Kier alpha value is -1.75. The summed E-state index contributed by atoms with van der Waals surface area (Å²) in [6.45, 7) is 0. The van der Waals surface area contributed by atoms with Crippen LogP contribution >= 0.6 is 0 Å². The van der Waals surface area contributed by atoms with Crippen molar-refractivity contribution in [1.82, 2.24) is 10.1 Å². The predicted octanol–water partition coefficient (Wildman–Crippen LogP) is 3.80. The summed E-state index contributed by atoms with van der Waals surface area (Å²) in [6, 6.07) is 6.81. The molecule has 1 heterocycles. The Morgan fingerprint density at radius 2 is 1.83 bits per heavy atom. The molecule has 0 radical (unpaired) electrons. The molecule has 1 aromatic carbocycles. The normalized spacial score (nSPS) is 22.5. The molecule has 2 N–H and O–H groups in total. The van der Waals surface area contributed by atoms with Crippen molar-refractivity contribution in [3.63, 3.8) is 0 Å². The molecule has 4 rings (SSSR count). The molecule has 23 heavy (non-hydrogen) atoms. The van der Waals surface area contributed by atoms with Crippen LogP contribution in [0.2, 0.25) is 0 Å². The Balaban J connectivity index is 1.77. The summed E-state index contributed by atoms with van der Waals surface area (Å²) in [5, 5.41) is 4.17. The summed E-state index contributed by atoms with van der Waals surface area (Å²) in [5.74, 6) is 0.996. The van der Waals surface area contributed by atoms with Crippen molar-refractivity contribution in [2.75, 3.05) is 0 Å². The van der Waals surface area contributed by atoms with Gasteiger partial charge in [-0.2, -0.15) is 4.98 Å². The second-order valence-corrected chi connectivity index (χ2v) is 7.09. The zero-order valence-corrected chi connectivity index (χ0v) is 13.2. The van der Waals surface area contributed by atoms with Gasteiger partial charge in [0, 0.05) is 0 Å². The molecular formula is C18H22FN3O. The lowest BCUT2D eigenvalue weighted by Gasteiger charge is -2.35. The summed E-state index contributed by atoms with van der Waals surface area (Å²) in [6.07, 6.45) is 8.10. The van der Waals surface area contributed by atoms with Crippen LogP contribution in [0.15, 0.2) is 28.8 Å². The highest BCUT2D eigenvalue weighted by atomic mass is 19.1. The lowest BCUT2D eigenvalue weighted by Crippen LogP contribution is -2.44. The summed E-state index contributed by atoms with van der Waals surface area (Å²) >= 11 is 0. The van der Waals surface area contributed by atoms with Gasteiger partial charge in [0.2, 0.25) is 5.89 Å². The van der Waals surface area contributed by atoms with Gasteiger partial charge >= 0.3 is 0 Å². The lowest BCUT2D eigenvalue weighted by molar-refractivity contribution is 0.223. The first-order valence-electron chi connectivity index (χ1n) is 8.52. The minimum absolute atomic E-state index is 0.221. The predicted molar refractivity (Wildman–Crippen MR) is 84.3 cm³/mol. The average molecular weight is 315 g/mol. The van der Waals surface area contributed by atoms with Gasteiger partial charge in [0.15, 0.2) is 5.82 Å². The van der Waals surface area contributed by atoms with Crippen LogP contribution in [-0.4, -0.2) is 10.1 Å². The zero-order chi connectivity index (χ0) is 15.9. The zero-order valence-electron chi connectivity index (χ0n) is 13.2. The van der Waals surface area contributed by atoms with Crippen LogP contribution in [-0.2, 0) is 11.0 Å². The quantitative estimate of drug-likeness (QED) is 0.935. The summed E-state index contributed by atoms with van der Waals surface area (Å²) in [5.41, 5.74) is 6.46. The third-order valence-corrected chi connectivity index (χ3v) is 5.61. The molecule has 2 aromatic rings. The first-order valence-corrected chi connectivity index (χ1v) is 8.52. The molecular weight excluding hydrogens is 293 g/mol. The molecule has 0 amide bonds. The van der Waals surface area contributed by atoms with Crippen LogP contribution in [0, 0.1) is 5.82 Å². The van der Waals surface area contributed by atoms with Crippen molar-refractivity contribution in [3.05, 3.63) is 47.4 Å². The average Bonchev–Trinajstić information content (AvgIpc) is 3.04. The number of hydrogen-bond acceptors (Lipinski definition) is 4. The van der Waals surface area contributed by atoms with Gasteiger partial charge in [-0.05, 0) is 49.8 Å². The Bertz CT molecular complexity index is 702. The van der Waals surface area contributed by atoms with E-state index in [1.54, 1.807) is 12.1 Å². The Kier molecular flexibility index (Phi) is 3.48. The monoisotopic (exact) mass is 315 g/mol. The van der Waals surface area contributed by atoms with Gasteiger partial charge in [-0.3, -0.25) is 0 Å². The van der Waals surface area contributed by atoms with Crippen LogP contribution < -0.4 is 5.73 Å². The highest BCUT2D eigenvalue weighted by Gasteiger charge is 2.44. The molecule has 2 fully saturated rings. The van der Waals surface area contributed by atoms with Crippen molar-refractivity contribution >= 4 is 0 Å². The van der Waals surface area contributed by atoms with Crippen LogP contribution in [0.5, 0.6) is 0 Å². The third kappa shape index (κ3) is 2.38. The van der Waals surface area contributed by atoms with Crippen molar-refractivity contribution in [2.45, 2.75) is 62.3 Å². The fourth-order valence-electron chi connectivity index (χ4n) is 3.97. The van der Waals surface area contributed by atoms with E-state index >= 15 is 0 Å². The van der Waals surface area contributed by atoms with E-state index < -0.39 is 5.54 Å². The van der Waals surface area contributed by atoms with Crippen LogP contribution in [0.4, 0.5) is 4.39 Å². The van der Waals surface area contributed by atoms with Gasteiger partial charge in [0.25, 0.3) is 0 Å². The topological polar surface area (TPSA) is 64.9 Å². The van der Waals surface area contributed by atoms with Gasteiger partial charge in [-0.15, -0.1) is 0 Å². The SMILES string of the molecule is NC1(c2noc(C3(c4cccc(F)c4)CCCCC3)n2)CCC1. The molecule has 1 aromatic heterocycles. The first kappa shape index (κ1) is 14.8. The minimum atomic E-state index is -0.431. The molecule has 0 bridgehead atoms. The van der Waals surface area contributed by atoms with E-state index in [1.165, 1.54) is 12.5 Å². The van der Waals surface area contributed by atoms with Crippen LogP contribution in [0.25, 0.3) is 0 Å². The lowest BCUT2D eigenvalue weighted by atomic mass is 9.69. The molecule has 4 nitrogen and oxygen atoms in total. The van der Waals surface area contributed by atoms with Crippen molar-refractivity contribution in [1.29, 1.82) is 0 Å². The number of aromatic nitrogens is 2. The van der Waals surface area contributed by atoms with Crippen molar-refractivity contribution in [3.8, 4) is 0 Å². The van der Waals surface area contributed by atoms with Gasteiger partial charge in [0.1, 0.15) is 5.82 Å². The standard InChI is InChI=1S/C18H22FN3O/c19-14-7-4-6-13(12-14)17(8-2-1-3-9-17)16-21-15(22-23-16)18(20)10-5-11-18/h4,6-7,12H,1-3,5,8-11,20H2. The number of hydrogen-bond donors (Lipinski definition) is 1. The summed E-state index contributed by atoms with van der Waals surface area (Å²) in [4.78, 5) is 4.68. The van der Waals surface area contributed by atoms with E-state index in [-0.39, 0.29) is 11.2 Å². The van der Waals surface area contributed by atoms with E-state index in [2.05, 4.69) is 10.1 Å². The molecule has 122 valence electrons. The molecule has 2 aliphatic carbocycles. The maximum Gasteiger partial charge on any atom is 0.237 e. The van der Waals surface area contributed by atoms with E-state index in [9.17, 15) is 4.39 Å². The maximum absolute atomic E-state index is 13.8. The Morgan fingerprint density at radius 3 is 2.48 bits per heavy atom. The largest absolute Gasteiger partial charge is 0.338 e. The van der Waals surface area contributed by atoms with Gasteiger partial charge in [0.05, 0.1) is 11.0 Å². The van der Waals surface area contributed by atoms with Gasteiger partial charge in [-0.25, -0.2) is 4.39 Å². The fraction of sp³-hybridized carbons (Fsp3) is 0.556. The number of halogens is 1. The fourth-order valence-corrected chi connectivity index (χ4v) is 3.97. The molecule has 0 atom stereocenters. The molecule has 0 spiro atoms. The van der Waals surface area contributed by atoms with Gasteiger partial charge in [-0.1, -0.05) is 36.6 Å². The molecule has 2 saturated carbocycles. The van der Waals surface area contributed by atoms with Crippen LogP contribution in [0.3, 0.4) is 0 Å². The molecule has 0 aliphatic heterocycles. The van der Waals surface area contributed by atoms with E-state index in [0.717, 1.165) is 50.5 Å². The van der Waals surface area contributed by atoms with Crippen molar-refractivity contribution in [2.24, 2.45) is 5.73 Å². The smallest absolute Gasteiger partial charge is 0.237 e. The molecule has 0 saturated heterocycles. The van der Waals surface area contributed by atoms with E-state index in [0.29, 0.717) is 11.7 Å². The third-order valence-electron chi connectivity index (χ3n) is 5.61. The first-order chi connectivity index (χ1) is 11.1. The number of rotatable bonds is 3. The summed E-state index contributed by atoms with van der Waals surface area (Å²) < 4.78 is 19.4. The van der Waals surface area contributed by atoms with Crippen molar-refractivity contribution < 1.29 is 8.91 Å². The Labute approximate surface area is 135 Å². The minimum Gasteiger partial charge on any atom is -0.338 e. The van der Waals surface area contributed by atoms with Crippen LogP contribution in [0.1, 0.15) is 68.6 Å². The highest BCUT2D eigenvalue weighted by Crippen LogP contribution is 2.45. The molecule has 2 aliphatic rings. The van der Waals surface area contributed by atoms with Gasteiger partial charge < -0.3 is 10.3 Å². The molecule has 0 unspecified atom stereocenters. The summed E-state index contributed by atoms with van der Waals surface area (Å²) in [7, 11) is 0. The number of benzene rings is 1. The van der Waals surface area contributed by atoms with E-state index in [1.807, 2.05) is 6.07 Å². The second-order valence-electron chi connectivity index (χ2n) is 7.09. The van der Waals surface area contributed by atoms with E-state index in [4.69, 9.17) is 10.3 Å². The number of nitrogens with zero attached hydrogens (tertiary/aromatic N) is 2. The molecule has 5 heteroatoms. The Morgan fingerprint density at radius 1 is 1.04 bits per heavy atom. The second kappa shape index (κ2) is 5.41. The number of nitrogens with two attached hydrogens (primary N) is 1. The highest BCUT2D eigenvalue weighted by molar-refractivity contribution is 5.33. The maximum atomic E-state index is 13.8.